The fourth-order valence-corrected chi connectivity index (χ4v) is 4.49. The number of carbonyl (C=O) groups is 3. The first-order chi connectivity index (χ1) is 16.8. The molecule has 3 N–H and O–H groups in total. The van der Waals surface area contributed by atoms with Gasteiger partial charge in [-0.05, 0) is 49.8 Å². The van der Waals surface area contributed by atoms with E-state index in [1.165, 1.54) is 0 Å². The van der Waals surface area contributed by atoms with Crippen LogP contribution in [0.2, 0.25) is 0 Å². The van der Waals surface area contributed by atoms with Crippen LogP contribution in [0.15, 0.2) is 60.7 Å². The molecular weight excluding hydrogens is 440 g/mol. The standard InChI is InChI=1S/C28H38N4O3/c1-20(2)25(30-26(33)21(3)29)28(35)32-17-10-15-24(32)19-31(18-16-22-11-6-4-7-12-22)27(34)23-13-8-5-9-14-23/h4-9,11-14,20-21,24-25H,10,15-19,29H2,1-3H3,(H,30,33)/t21-,24-,25-/m0/s1. The van der Waals surface area contributed by atoms with Crippen LogP contribution in [0.3, 0.4) is 0 Å². The molecule has 0 radical (unpaired) electrons. The van der Waals surface area contributed by atoms with E-state index in [1.807, 2.05) is 72.2 Å². The van der Waals surface area contributed by atoms with Crippen LogP contribution in [0.4, 0.5) is 0 Å². The van der Waals surface area contributed by atoms with E-state index >= 15 is 0 Å². The number of nitrogens with two attached hydrogens (primary N) is 1. The summed E-state index contributed by atoms with van der Waals surface area (Å²) in [5.74, 6) is -0.554. The summed E-state index contributed by atoms with van der Waals surface area (Å²) in [6, 6.07) is 17.9. The molecule has 1 saturated heterocycles. The van der Waals surface area contributed by atoms with Crippen LogP contribution in [0.1, 0.15) is 49.5 Å². The van der Waals surface area contributed by atoms with Gasteiger partial charge in [-0.2, -0.15) is 0 Å². The molecule has 0 bridgehead atoms. The van der Waals surface area contributed by atoms with Gasteiger partial charge in [-0.25, -0.2) is 0 Å². The van der Waals surface area contributed by atoms with Crippen molar-refractivity contribution >= 4 is 17.7 Å². The average molecular weight is 479 g/mol. The number of benzene rings is 2. The second-order valence-corrected chi connectivity index (χ2v) is 9.70. The largest absolute Gasteiger partial charge is 0.343 e. The highest BCUT2D eigenvalue weighted by Gasteiger charge is 2.37. The van der Waals surface area contributed by atoms with Gasteiger partial charge in [0.2, 0.25) is 11.8 Å². The summed E-state index contributed by atoms with van der Waals surface area (Å²) < 4.78 is 0. The maximum absolute atomic E-state index is 13.5. The number of hydrogen-bond acceptors (Lipinski definition) is 4. The molecule has 7 nitrogen and oxygen atoms in total. The molecule has 3 amide bonds. The van der Waals surface area contributed by atoms with Gasteiger partial charge in [0.05, 0.1) is 6.04 Å². The fourth-order valence-electron chi connectivity index (χ4n) is 4.49. The highest BCUT2D eigenvalue weighted by molar-refractivity contribution is 5.94. The van der Waals surface area contributed by atoms with Crippen LogP contribution in [0, 0.1) is 5.92 Å². The third-order valence-corrected chi connectivity index (χ3v) is 6.56. The molecule has 1 aliphatic heterocycles. The maximum atomic E-state index is 13.5. The normalized spacial score (nSPS) is 17.2. The first-order valence-corrected chi connectivity index (χ1v) is 12.5. The summed E-state index contributed by atoms with van der Waals surface area (Å²) in [6.45, 7) is 7.08. The van der Waals surface area contributed by atoms with Gasteiger partial charge in [0.25, 0.3) is 5.91 Å². The van der Waals surface area contributed by atoms with E-state index in [0.717, 1.165) is 24.8 Å². The molecule has 0 unspecified atom stereocenters. The van der Waals surface area contributed by atoms with Crippen LogP contribution in [0.25, 0.3) is 0 Å². The summed E-state index contributed by atoms with van der Waals surface area (Å²) in [5.41, 5.74) is 7.52. The molecule has 0 aliphatic carbocycles. The molecular formula is C28H38N4O3. The number of likely N-dealkylation sites (tertiary alicyclic amines) is 1. The molecule has 1 fully saturated rings. The molecule has 1 heterocycles. The Hall–Kier alpha value is -3.19. The fraction of sp³-hybridized carbons (Fsp3) is 0.464. The predicted molar refractivity (Wildman–Crippen MR) is 138 cm³/mol. The number of nitrogens with one attached hydrogen (secondary N) is 1. The van der Waals surface area contributed by atoms with E-state index in [4.69, 9.17) is 5.73 Å². The second-order valence-electron chi connectivity index (χ2n) is 9.70. The van der Waals surface area contributed by atoms with Gasteiger partial charge in [0.1, 0.15) is 6.04 Å². The Labute approximate surface area is 208 Å². The third-order valence-electron chi connectivity index (χ3n) is 6.56. The van der Waals surface area contributed by atoms with E-state index in [2.05, 4.69) is 17.4 Å². The zero-order valence-corrected chi connectivity index (χ0v) is 21.0. The smallest absolute Gasteiger partial charge is 0.253 e. The van der Waals surface area contributed by atoms with Gasteiger partial charge in [-0.3, -0.25) is 14.4 Å². The first kappa shape index (κ1) is 26.4. The van der Waals surface area contributed by atoms with E-state index in [1.54, 1.807) is 6.92 Å². The Morgan fingerprint density at radius 2 is 1.66 bits per heavy atom. The van der Waals surface area contributed by atoms with Gasteiger partial charge < -0.3 is 20.9 Å². The number of nitrogens with zero attached hydrogens (tertiary/aromatic N) is 2. The topological polar surface area (TPSA) is 95.7 Å². The molecule has 2 aromatic carbocycles. The minimum atomic E-state index is -0.685. The van der Waals surface area contributed by atoms with Crippen LogP contribution in [-0.4, -0.2) is 65.3 Å². The Morgan fingerprint density at radius 3 is 2.26 bits per heavy atom. The molecule has 3 rings (SSSR count). The zero-order chi connectivity index (χ0) is 25.4. The van der Waals surface area contributed by atoms with Gasteiger partial charge >= 0.3 is 0 Å². The summed E-state index contributed by atoms with van der Waals surface area (Å²) in [5, 5.41) is 2.83. The summed E-state index contributed by atoms with van der Waals surface area (Å²) in [6.07, 6.45) is 2.43. The van der Waals surface area contributed by atoms with Crippen LogP contribution >= 0.6 is 0 Å². The van der Waals surface area contributed by atoms with Crippen molar-refractivity contribution in [3.05, 3.63) is 71.8 Å². The number of hydrogen-bond donors (Lipinski definition) is 2. The maximum Gasteiger partial charge on any atom is 0.253 e. The monoisotopic (exact) mass is 478 g/mol. The van der Waals surface area contributed by atoms with Gasteiger partial charge in [-0.1, -0.05) is 62.4 Å². The van der Waals surface area contributed by atoms with Crippen molar-refractivity contribution in [2.45, 2.75) is 58.2 Å². The lowest BCUT2D eigenvalue weighted by Gasteiger charge is -2.34. The minimum Gasteiger partial charge on any atom is -0.343 e. The SMILES string of the molecule is CC(C)[C@H](NC(=O)[C@H](C)N)C(=O)N1CCC[C@H]1CN(CCc1ccccc1)C(=O)c1ccccc1. The van der Waals surface area contributed by atoms with Crippen molar-refractivity contribution in [3.63, 3.8) is 0 Å². The lowest BCUT2D eigenvalue weighted by molar-refractivity contribution is -0.138. The van der Waals surface area contributed by atoms with E-state index in [0.29, 0.717) is 25.2 Å². The predicted octanol–water partition coefficient (Wildman–Crippen LogP) is 2.85. The lowest BCUT2D eigenvalue weighted by atomic mass is 10.0. The molecule has 2 aromatic rings. The van der Waals surface area contributed by atoms with Gasteiger partial charge in [0, 0.05) is 31.2 Å². The summed E-state index contributed by atoms with van der Waals surface area (Å²) >= 11 is 0. The zero-order valence-electron chi connectivity index (χ0n) is 21.0. The molecule has 0 saturated carbocycles. The van der Waals surface area contributed by atoms with Gasteiger partial charge in [-0.15, -0.1) is 0 Å². The van der Waals surface area contributed by atoms with Crippen LogP contribution < -0.4 is 11.1 Å². The molecule has 3 atom stereocenters. The van der Waals surface area contributed by atoms with Crippen molar-refractivity contribution in [2.75, 3.05) is 19.6 Å². The van der Waals surface area contributed by atoms with Crippen LogP contribution in [0.5, 0.6) is 0 Å². The van der Waals surface area contributed by atoms with E-state index in [9.17, 15) is 14.4 Å². The van der Waals surface area contributed by atoms with E-state index in [-0.39, 0.29) is 29.7 Å². The third kappa shape index (κ3) is 7.15. The van der Waals surface area contributed by atoms with Crippen molar-refractivity contribution in [1.29, 1.82) is 0 Å². The van der Waals surface area contributed by atoms with Gasteiger partial charge in [0.15, 0.2) is 0 Å². The van der Waals surface area contributed by atoms with Crippen molar-refractivity contribution in [3.8, 4) is 0 Å². The first-order valence-electron chi connectivity index (χ1n) is 12.5. The lowest BCUT2D eigenvalue weighted by Crippen LogP contribution is -2.56. The van der Waals surface area contributed by atoms with Crippen molar-refractivity contribution in [1.82, 2.24) is 15.1 Å². The molecule has 35 heavy (non-hydrogen) atoms. The highest BCUT2D eigenvalue weighted by atomic mass is 16.2. The minimum absolute atomic E-state index is 0.0356. The Kier molecular flexibility index (Phi) is 9.43. The molecule has 188 valence electrons. The highest BCUT2D eigenvalue weighted by Crippen LogP contribution is 2.22. The number of rotatable bonds is 10. The second kappa shape index (κ2) is 12.5. The molecule has 1 aliphatic rings. The molecule has 7 heteroatoms. The summed E-state index contributed by atoms with van der Waals surface area (Å²) in [7, 11) is 0. The molecule has 0 spiro atoms. The summed E-state index contributed by atoms with van der Waals surface area (Å²) in [4.78, 5) is 42.9. The number of amides is 3. The quantitative estimate of drug-likeness (QED) is 0.549. The Bertz CT molecular complexity index is 978. The Morgan fingerprint density at radius 1 is 1.03 bits per heavy atom. The average Bonchev–Trinajstić information content (AvgIpc) is 3.33. The van der Waals surface area contributed by atoms with Crippen LogP contribution in [-0.2, 0) is 16.0 Å². The van der Waals surface area contributed by atoms with E-state index < -0.39 is 12.1 Å². The Balaban J connectivity index is 1.77. The van der Waals surface area contributed by atoms with Crippen molar-refractivity contribution in [2.24, 2.45) is 11.7 Å². The molecule has 0 aromatic heterocycles. The van der Waals surface area contributed by atoms with Crippen molar-refractivity contribution < 1.29 is 14.4 Å². The number of carbonyl (C=O) groups excluding carboxylic acids is 3.